The molecule has 0 heterocycles. The van der Waals surface area contributed by atoms with Crippen LogP contribution in [-0.4, -0.2) is 31.2 Å². The van der Waals surface area contributed by atoms with Crippen molar-refractivity contribution in [3.63, 3.8) is 0 Å². The Hall–Kier alpha value is -3.51. The van der Waals surface area contributed by atoms with Gasteiger partial charge < -0.3 is 10.2 Å². The summed E-state index contributed by atoms with van der Waals surface area (Å²) in [5.41, 5.74) is -14.0. The summed E-state index contributed by atoms with van der Waals surface area (Å²) in [5, 5.41) is 1.60. The number of rotatable bonds is 5. The molecule has 0 aliphatic rings. The number of hydrogen-bond donors (Lipinski definition) is 1. The maximum absolute atomic E-state index is 15.3. The van der Waals surface area contributed by atoms with E-state index < -0.39 is 85.3 Å². The summed E-state index contributed by atoms with van der Waals surface area (Å²) in [6, 6.07) is 5.85. The number of hydrogen-bond acceptors (Lipinski definition) is 2. The fourth-order valence-electron chi connectivity index (χ4n) is 3.67. The van der Waals surface area contributed by atoms with Gasteiger partial charge in [-0.05, 0) is 71.1 Å². The van der Waals surface area contributed by atoms with Crippen molar-refractivity contribution in [3.8, 4) is 0 Å². The van der Waals surface area contributed by atoms with Crippen molar-refractivity contribution in [2.45, 2.75) is 24.2 Å². The summed E-state index contributed by atoms with van der Waals surface area (Å²) in [7, 11) is 1.06. The molecule has 0 aliphatic heterocycles. The molecule has 2 amide bonds. The quantitative estimate of drug-likeness (QED) is 0.212. The number of nitrogens with one attached hydrogen (secondary N) is 1. The van der Waals surface area contributed by atoms with Crippen molar-refractivity contribution in [2.24, 2.45) is 0 Å². The molecule has 3 rings (SSSR count). The Kier molecular flexibility index (Phi) is 8.87. The highest BCUT2D eigenvalue weighted by Gasteiger charge is 2.73. The summed E-state index contributed by atoms with van der Waals surface area (Å²) in [6.07, 6.45) is -19.2. The lowest BCUT2D eigenvalue weighted by Crippen LogP contribution is -2.50. The van der Waals surface area contributed by atoms with Crippen molar-refractivity contribution >= 4 is 45.8 Å². The lowest BCUT2D eigenvalue weighted by molar-refractivity contribution is -0.348. The molecule has 0 spiro atoms. The van der Waals surface area contributed by atoms with Crippen LogP contribution in [0.2, 0.25) is 0 Å². The monoisotopic (exact) mass is 728 g/mol. The molecule has 0 unspecified atom stereocenters. The highest BCUT2D eigenvalue weighted by atomic mass is 127. The minimum atomic E-state index is -6.72. The number of alkyl halides is 10. The third-order valence-electron chi connectivity index (χ3n) is 5.79. The first-order chi connectivity index (χ1) is 19.1. The zero-order valence-corrected chi connectivity index (χ0v) is 22.5. The Labute approximate surface area is 241 Å². The fourth-order valence-corrected chi connectivity index (χ4v) is 4.44. The van der Waals surface area contributed by atoms with E-state index >= 15 is 4.39 Å². The van der Waals surface area contributed by atoms with Crippen LogP contribution in [0.25, 0.3) is 0 Å². The van der Waals surface area contributed by atoms with Crippen LogP contribution in [-0.2, 0) is 11.8 Å². The van der Waals surface area contributed by atoms with E-state index in [1.165, 1.54) is 0 Å². The van der Waals surface area contributed by atoms with Gasteiger partial charge in [0.25, 0.3) is 11.8 Å². The van der Waals surface area contributed by atoms with E-state index in [1.807, 2.05) is 0 Å². The molecule has 0 fully saturated rings. The van der Waals surface area contributed by atoms with Gasteiger partial charge in [-0.2, -0.15) is 39.5 Å². The highest BCUT2D eigenvalue weighted by Crippen LogP contribution is 2.54. The van der Waals surface area contributed by atoms with Gasteiger partial charge in [0.05, 0.1) is 22.5 Å². The topological polar surface area (TPSA) is 49.4 Å². The van der Waals surface area contributed by atoms with Gasteiger partial charge in [0.15, 0.2) is 5.82 Å². The van der Waals surface area contributed by atoms with E-state index in [1.54, 1.807) is 5.32 Å². The Morgan fingerprint density at radius 1 is 0.810 bits per heavy atom. The fraction of sp³-hybridized carbons (Fsp3) is 0.200. The van der Waals surface area contributed by atoms with Crippen LogP contribution in [0.5, 0.6) is 0 Å². The number of amides is 2. The van der Waals surface area contributed by atoms with E-state index in [0.717, 1.165) is 72.1 Å². The van der Waals surface area contributed by atoms with Gasteiger partial charge in [-0.1, -0.05) is 6.07 Å². The van der Waals surface area contributed by atoms with Gasteiger partial charge in [0.2, 0.25) is 0 Å². The Balaban J connectivity index is 2.07. The van der Waals surface area contributed by atoms with E-state index in [2.05, 4.69) is 0 Å². The standard InChI is InChI=1S/C25H13F12IN2O2/c1-40(21(42)11-5-7-13(26)8-6-11)17-4-2-3-14(18(17)27)20(41)39-19-15(23(29,30)31)9-12(10-16(19)38)22(28,24(32,33)34)25(35,36)37/h2-10H,1H3,(H,39,41). The van der Waals surface area contributed by atoms with Crippen molar-refractivity contribution in [3.05, 3.63) is 92.1 Å². The molecular weight excluding hydrogens is 715 g/mol. The summed E-state index contributed by atoms with van der Waals surface area (Å²) in [6.45, 7) is 0. The molecule has 0 saturated carbocycles. The Morgan fingerprint density at radius 2 is 1.36 bits per heavy atom. The minimum absolute atomic E-state index is 0.112. The van der Waals surface area contributed by atoms with Crippen molar-refractivity contribution in [2.75, 3.05) is 17.3 Å². The maximum atomic E-state index is 15.3. The first-order valence-electron chi connectivity index (χ1n) is 11.0. The van der Waals surface area contributed by atoms with E-state index in [9.17, 15) is 57.9 Å². The van der Waals surface area contributed by atoms with Gasteiger partial charge in [0.1, 0.15) is 5.82 Å². The summed E-state index contributed by atoms with van der Waals surface area (Å²) in [4.78, 5) is 26.2. The lowest BCUT2D eigenvalue weighted by Gasteiger charge is -2.31. The molecule has 3 aromatic rings. The van der Waals surface area contributed by atoms with E-state index in [-0.39, 0.29) is 11.6 Å². The van der Waals surface area contributed by atoms with Crippen LogP contribution >= 0.6 is 22.6 Å². The van der Waals surface area contributed by atoms with Crippen LogP contribution in [0, 0.1) is 15.2 Å². The van der Waals surface area contributed by atoms with Crippen LogP contribution in [0.1, 0.15) is 31.8 Å². The second-order valence-corrected chi connectivity index (χ2v) is 9.66. The van der Waals surface area contributed by atoms with Crippen LogP contribution in [0.15, 0.2) is 54.6 Å². The van der Waals surface area contributed by atoms with Gasteiger partial charge in [-0.3, -0.25) is 9.59 Å². The van der Waals surface area contributed by atoms with E-state index in [4.69, 9.17) is 0 Å². The second-order valence-electron chi connectivity index (χ2n) is 8.50. The van der Waals surface area contributed by atoms with Gasteiger partial charge >= 0.3 is 24.2 Å². The van der Waals surface area contributed by atoms with Crippen LogP contribution < -0.4 is 10.2 Å². The largest absolute Gasteiger partial charge is 0.435 e. The number of carbonyl (C=O) groups is 2. The van der Waals surface area contributed by atoms with Crippen LogP contribution in [0.3, 0.4) is 0 Å². The molecule has 226 valence electrons. The summed E-state index contributed by atoms with van der Waals surface area (Å²) in [5.74, 6) is -4.68. The number of anilines is 2. The molecule has 0 saturated heterocycles. The Bertz CT molecular complexity index is 1500. The van der Waals surface area contributed by atoms with Gasteiger partial charge in [-0.15, -0.1) is 0 Å². The van der Waals surface area contributed by atoms with Gasteiger partial charge in [0, 0.05) is 21.7 Å². The smallest absolute Gasteiger partial charge is 0.320 e. The van der Waals surface area contributed by atoms with Crippen molar-refractivity contribution < 1.29 is 62.3 Å². The molecule has 0 aliphatic carbocycles. The lowest BCUT2D eigenvalue weighted by atomic mass is 9.92. The number of halogens is 13. The molecule has 0 aromatic heterocycles. The zero-order valence-electron chi connectivity index (χ0n) is 20.4. The third kappa shape index (κ3) is 6.14. The average molecular weight is 728 g/mol. The van der Waals surface area contributed by atoms with Crippen molar-refractivity contribution in [1.29, 1.82) is 0 Å². The molecular formula is C25H13F12IN2O2. The summed E-state index contributed by atoms with van der Waals surface area (Å²) >= 11 is 0.855. The molecule has 0 bridgehead atoms. The maximum Gasteiger partial charge on any atom is 0.435 e. The van der Waals surface area contributed by atoms with Gasteiger partial charge in [-0.25, -0.2) is 13.2 Å². The molecule has 3 aromatic carbocycles. The second kappa shape index (κ2) is 11.3. The SMILES string of the molecule is CN(C(=O)c1ccc(F)cc1)c1cccc(C(=O)Nc2c(I)cc(C(F)(C(F)(F)F)C(F)(F)F)cc2C(F)(F)F)c1F. The number of carbonyl (C=O) groups excluding carboxylic acids is 2. The number of benzene rings is 3. The summed E-state index contributed by atoms with van der Waals surface area (Å²) < 4.78 is 162. The molecule has 1 N–H and O–H groups in total. The van der Waals surface area contributed by atoms with Crippen molar-refractivity contribution in [1.82, 2.24) is 0 Å². The first kappa shape index (κ1) is 33.0. The van der Waals surface area contributed by atoms with Crippen LogP contribution in [0.4, 0.5) is 64.1 Å². The first-order valence-corrected chi connectivity index (χ1v) is 12.1. The molecule has 0 atom stereocenters. The number of nitrogens with zero attached hydrogens (tertiary/aromatic N) is 1. The highest BCUT2D eigenvalue weighted by molar-refractivity contribution is 14.1. The zero-order chi connectivity index (χ0) is 32.0. The minimum Gasteiger partial charge on any atom is -0.320 e. The third-order valence-corrected chi connectivity index (χ3v) is 6.64. The molecule has 4 nitrogen and oxygen atoms in total. The normalized spacial score (nSPS) is 12.7. The molecule has 0 radical (unpaired) electrons. The predicted octanol–water partition coefficient (Wildman–Crippen LogP) is 8.41. The Morgan fingerprint density at radius 3 is 1.86 bits per heavy atom. The average Bonchev–Trinajstić information content (AvgIpc) is 2.86. The molecule has 17 heteroatoms. The molecule has 42 heavy (non-hydrogen) atoms. The van der Waals surface area contributed by atoms with E-state index in [0.29, 0.717) is 4.90 Å². The predicted molar refractivity (Wildman–Crippen MR) is 133 cm³/mol.